The third kappa shape index (κ3) is 3.06. The number of aliphatic hydroxyl groups is 1. The Morgan fingerprint density at radius 2 is 2.05 bits per heavy atom. The molecule has 0 bridgehead atoms. The predicted molar refractivity (Wildman–Crippen MR) is 85.9 cm³/mol. The average Bonchev–Trinajstić information content (AvgIpc) is 2.97. The number of hydrogen-bond donors (Lipinski definition) is 2. The van der Waals surface area contributed by atoms with Gasteiger partial charge in [0.2, 0.25) is 0 Å². The van der Waals surface area contributed by atoms with Gasteiger partial charge < -0.3 is 15.7 Å². The minimum absolute atomic E-state index is 0.497. The van der Waals surface area contributed by atoms with Gasteiger partial charge in [-0.3, -0.25) is 9.30 Å². The Morgan fingerprint density at radius 1 is 1.33 bits per heavy atom. The van der Waals surface area contributed by atoms with E-state index in [1.807, 2.05) is 25.4 Å². The lowest BCUT2D eigenvalue weighted by Gasteiger charge is -2.37. The molecule has 2 aromatic heterocycles. The van der Waals surface area contributed by atoms with Crippen LogP contribution in [0.1, 0.15) is 19.5 Å². The quantitative estimate of drug-likeness (QED) is 0.872. The van der Waals surface area contributed by atoms with Crippen LogP contribution in [0, 0.1) is 0 Å². The molecule has 6 nitrogen and oxygen atoms in total. The van der Waals surface area contributed by atoms with Crippen LogP contribution in [0.4, 0.5) is 5.82 Å². The van der Waals surface area contributed by atoms with Gasteiger partial charge in [-0.15, -0.1) is 11.3 Å². The van der Waals surface area contributed by atoms with E-state index in [1.54, 1.807) is 11.3 Å². The van der Waals surface area contributed by atoms with E-state index in [9.17, 15) is 5.11 Å². The molecule has 0 saturated carbocycles. The van der Waals surface area contributed by atoms with E-state index >= 15 is 0 Å². The zero-order valence-corrected chi connectivity index (χ0v) is 13.4. The molecule has 0 atom stereocenters. The Morgan fingerprint density at radius 3 is 2.67 bits per heavy atom. The van der Waals surface area contributed by atoms with Crippen LogP contribution in [0.25, 0.3) is 4.96 Å². The van der Waals surface area contributed by atoms with Gasteiger partial charge in [-0.05, 0) is 13.8 Å². The number of piperazine rings is 1. The molecule has 0 unspecified atom stereocenters. The van der Waals surface area contributed by atoms with Crippen molar-refractivity contribution in [3.8, 4) is 0 Å². The molecular weight excluding hydrogens is 286 g/mol. The van der Waals surface area contributed by atoms with Gasteiger partial charge in [0.05, 0.1) is 11.3 Å². The Bertz CT molecular complexity index is 606. The maximum atomic E-state index is 9.92. The van der Waals surface area contributed by atoms with Gasteiger partial charge in [-0.25, -0.2) is 4.98 Å². The molecule has 0 radical (unpaired) electrons. The Balaban J connectivity index is 1.72. The van der Waals surface area contributed by atoms with E-state index in [2.05, 4.69) is 14.2 Å². The number of fused-ring (bicyclic) bond motifs is 1. The van der Waals surface area contributed by atoms with E-state index in [0.717, 1.165) is 42.7 Å². The first-order chi connectivity index (χ1) is 9.98. The topological polar surface area (TPSA) is 70.0 Å². The molecule has 2 aromatic rings. The highest BCUT2D eigenvalue weighted by molar-refractivity contribution is 7.15. The van der Waals surface area contributed by atoms with Crippen LogP contribution in [0.2, 0.25) is 0 Å². The van der Waals surface area contributed by atoms with Crippen molar-refractivity contribution in [2.24, 2.45) is 5.73 Å². The molecule has 3 N–H and O–H groups in total. The summed E-state index contributed by atoms with van der Waals surface area (Å²) in [4.78, 5) is 10.3. The van der Waals surface area contributed by atoms with Gasteiger partial charge in [-0.1, -0.05) is 0 Å². The van der Waals surface area contributed by atoms with Crippen molar-refractivity contribution < 1.29 is 5.11 Å². The number of nitrogens with zero attached hydrogens (tertiary/aromatic N) is 4. The first kappa shape index (κ1) is 14.8. The first-order valence-electron chi connectivity index (χ1n) is 7.32. The maximum absolute atomic E-state index is 9.92. The van der Waals surface area contributed by atoms with Crippen molar-refractivity contribution in [2.45, 2.75) is 26.0 Å². The van der Waals surface area contributed by atoms with Gasteiger partial charge in [-0.2, -0.15) is 0 Å². The minimum Gasteiger partial charge on any atom is -0.389 e. The summed E-state index contributed by atoms with van der Waals surface area (Å²) in [6, 6.07) is 0. The van der Waals surface area contributed by atoms with Crippen LogP contribution in [-0.2, 0) is 6.54 Å². The molecule has 3 heterocycles. The third-order valence-corrected chi connectivity index (χ3v) is 4.57. The fourth-order valence-electron chi connectivity index (χ4n) is 2.93. The summed E-state index contributed by atoms with van der Waals surface area (Å²) in [6.07, 6.45) is 2.03. The van der Waals surface area contributed by atoms with Gasteiger partial charge in [0.25, 0.3) is 0 Å². The van der Waals surface area contributed by atoms with Crippen molar-refractivity contribution in [3.05, 3.63) is 17.3 Å². The van der Waals surface area contributed by atoms with E-state index in [4.69, 9.17) is 10.7 Å². The third-order valence-electron chi connectivity index (χ3n) is 3.82. The molecule has 116 valence electrons. The van der Waals surface area contributed by atoms with Crippen molar-refractivity contribution in [1.29, 1.82) is 0 Å². The molecule has 0 aromatic carbocycles. The van der Waals surface area contributed by atoms with Gasteiger partial charge in [0.1, 0.15) is 0 Å². The van der Waals surface area contributed by atoms with E-state index in [0.29, 0.717) is 13.1 Å². The van der Waals surface area contributed by atoms with E-state index < -0.39 is 5.60 Å². The fourth-order valence-corrected chi connectivity index (χ4v) is 3.66. The molecule has 1 saturated heterocycles. The Labute approximate surface area is 128 Å². The molecule has 3 rings (SSSR count). The highest BCUT2D eigenvalue weighted by Crippen LogP contribution is 2.25. The lowest BCUT2D eigenvalue weighted by Crippen LogP contribution is -2.50. The number of imidazole rings is 1. The smallest absolute Gasteiger partial charge is 0.195 e. The van der Waals surface area contributed by atoms with Crippen LogP contribution in [-0.4, -0.2) is 57.7 Å². The summed E-state index contributed by atoms with van der Waals surface area (Å²) in [7, 11) is 0. The molecule has 0 aliphatic carbocycles. The summed E-state index contributed by atoms with van der Waals surface area (Å²) in [6.45, 7) is 8.66. The minimum atomic E-state index is -0.637. The molecular formula is C14H23N5OS. The Hall–Kier alpha value is -1.15. The summed E-state index contributed by atoms with van der Waals surface area (Å²) < 4.78 is 2.09. The molecule has 1 aliphatic heterocycles. The van der Waals surface area contributed by atoms with Crippen molar-refractivity contribution >= 4 is 22.1 Å². The molecule has 7 heteroatoms. The summed E-state index contributed by atoms with van der Waals surface area (Å²) in [5.41, 5.74) is 6.36. The number of aromatic nitrogens is 2. The first-order valence-corrected chi connectivity index (χ1v) is 8.20. The summed E-state index contributed by atoms with van der Waals surface area (Å²) in [5.74, 6) is 1.02. The fraction of sp³-hybridized carbons (Fsp3) is 0.643. The van der Waals surface area contributed by atoms with Crippen LogP contribution < -0.4 is 10.6 Å². The number of rotatable bonds is 4. The van der Waals surface area contributed by atoms with Crippen molar-refractivity contribution in [1.82, 2.24) is 14.3 Å². The average molecular weight is 309 g/mol. The van der Waals surface area contributed by atoms with Crippen molar-refractivity contribution in [3.63, 3.8) is 0 Å². The molecule has 1 aliphatic rings. The summed E-state index contributed by atoms with van der Waals surface area (Å²) in [5, 5.41) is 12.0. The second-order valence-electron chi connectivity index (χ2n) is 6.22. The largest absolute Gasteiger partial charge is 0.389 e. The molecule has 21 heavy (non-hydrogen) atoms. The van der Waals surface area contributed by atoms with Crippen molar-refractivity contribution in [2.75, 3.05) is 37.6 Å². The van der Waals surface area contributed by atoms with Crippen LogP contribution in [0.15, 0.2) is 11.6 Å². The number of nitrogens with two attached hydrogens (primary N) is 1. The highest BCUT2D eigenvalue weighted by Gasteiger charge is 2.25. The Kier molecular flexibility index (Phi) is 3.92. The molecule has 1 fully saturated rings. The normalized spacial score (nSPS) is 17.8. The number of thiazole rings is 1. The van der Waals surface area contributed by atoms with Crippen LogP contribution >= 0.6 is 11.3 Å². The maximum Gasteiger partial charge on any atom is 0.195 e. The summed E-state index contributed by atoms with van der Waals surface area (Å²) >= 11 is 1.64. The lowest BCUT2D eigenvalue weighted by atomic mass is 10.1. The van der Waals surface area contributed by atoms with Crippen LogP contribution in [0.5, 0.6) is 0 Å². The van der Waals surface area contributed by atoms with E-state index in [1.165, 1.54) is 0 Å². The predicted octanol–water partition coefficient (Wildman–Crippen LogP) is 0.747. The second kappa shape index (κ2) is 5.57. The number of anilines is 1. The second-order valence-corrected chi connectivity index (χ2v) is 7.09. The lowest BCUT2D eigenvalue weighted by molar-refractivity contribution is 0.0344. The zero-order chi connectivity index (χ0) is 15.0. The van der Waals surface area contributed by atoms with Gasteiger partial charge in [0, 0.05) is 50.8 Å². The van der Waals surface area contributed by atoms with E-state index in [-0.39, 0.29) is 0 Å². The zero-order valence-electron chi connectivity index (χ0n) is 12.6. The number of β-amino-alcohol motifs (C(OH)–C–C–N with tert-alkyl or cyclic N) is 1. The molecule has 0 amide bonds. The van der Waals surface area contributed by atoms with Gasteiger partial charge in [0.15, 0.2) is 10.8 Å². The number of hydrogen-bond acceptors (Lipinski definition) is 6. The standard InChI is InChI=1S/C14H23N5OS/c1-14(2,20)10-17-3-5-18(6-4-17)12-11(9-15)19-7-8-21-13(19)16-12/h7-8,20H,3-6,9-10,15H2,1-2H3. The highest BCUT2D eigenvalue weighted by atomic mass is 32.1. The molecule has 0 spiro atoms. The SMILES string of the molecule is CC(C)(O)CN1CCN(c2nc3sccn3c2CN)CC1. The van der Waals surface area contributed by atoms with Gasteiger partial charge >= 0.3 is 0 Å². The van der Waals surface area contributed by atoms with Crippen LogP contribution in [0.3, 0.4) is 0 Å². The monoisotopic (exact) mass is 309 g/mol.